The van der Waals surface area contributed by atoms with Crippen LogP contribution in [0.4, 0.5) is 22.0 Å². The summed E-state index contributed by atoms with van der Waals surface area (Å²) in [6.45, 7) is 0. The number of carbonyl (C=O) groups excluding carboxylic acids is 1. The molecular formula is C24H16ClFN6O3. The lowest BCUT2D eigenvalue weighted by Gasteiger charge is -2.24. The first-order valence-electron chi connectivity index (χ1n) is 10.4. The Morgan fingerprint density at radius 3 is 2.40 bits per heavy atom. The molecule has 9 nitrogen and oxygen atoms in total. The molecule has 0 fully saturated rings. The maximum atomic E-state index is 13.5. The molecule has 0 aliphatic carbocycles. The van der Waals surface area contributed by atoms with Gasteiger partial charge in [-0.2, -0.15) is 4.98 Å². The normalized spacial score (nSPS) is 14.5. The van der Waals surface area contributed by atoms with Gasteiger partial charge in [0, 0.05) is 28.4 Å². The van der Waals surface area contributed by atoms with Crippen LogP contribution in [0.2, 0.25) is 5.02 Å². The molecule has 0 spiro atoms. The van der Waals surface area contributed by atoms with Gasteiger partial charge in [-0.1, -0.05) is 35.9 Å². The van der Waals surface area contributed by atoms with Gasteiger partial charge in [0.1, 0.15) is 11.9 Å². The van der Waals surface area contributed by atoms with Crippen molar-refractivity contribution in [3.8, 4) is 0 Å². The zero-order valence-electron chi connectivity index (χ0n) is 17.9. The van der Waals surface area contributed by atoms with Crippen molar-refractivity contribution in [2.24, 2.45) is 0 Å². The van der Waals surface area contributed by atoms with Crippen LogP contribution in [-0.4, -0.2) is 25.6 Å². The van der Waals surface area contributed by atoms with Gasteiger partial charge < -0.3 is 5.32 Å². The number of nitrogens with one attached hydrogen (secondary N) is 2. The Bertz CT molecular complexity index is 1450. The molecule has 11 heteroatoms. The Morgan fingerprint density at radius 2 is 1.74 bits per heavy atom. The number of rotatable bonds is 5. The largest absolute Gasteiger partial charge is 0.324 e. The van der Waals surface area contributed by atoms with Gasteiger partial charge >= 0.3 is 0 Å². The molecule has 35 heavy (non-hydrogen) atoms. The zero-order valence-corrected chi connectivity index (χ0v) is 18.6. The fourth-order valence-electron chi connectivity index (χ4n) is 3.65. The second-order valence-electron chi connectivity index (χ2n) is 7.67. The fraction of sp³-hybridized carbons (Fsp3) is 0.0417. The van der Waals surface area contributed by atoms with Gasteiger partial charge in [0.05, 0.1) is 4.92 Å². The minimum absolute atomic E-state index is 0.0359. The second kappa shape index (κ2) is 8.99. The number of aromatic nitrogens is 3. The van der Waals surface area contributed by atoms with Gasteiger partial charge in [-0.3, -0.25) is 20.2 Å². The van der Waals surface area contributed by atoms with Gasteiger partial charge in [-0.25, -0.2) is 9.07 Å². The summed E-state index contributed by atoms with van der Waals surface area (Å²) in [4.78, 5) is 27.4. The van der Waals surface area contributed by atoms with E-state index in [9.17, 15) is 19.3 Å². The van der Waals surface area contributed by atoms with Crippen LogP contribution >= 0.6 is 11.6 Å². The van der Waals surface area contributed by atoms with Crippen LogP contribution < -0.4 is 10.6 Å². The van der Waals surface area contributed by atoms with Crippen LogP contribution in [0.15, 0.2) is 78.9 Å². The van der Waals surface area contributed by atoms with Crippen molar-refractivity contribution in [1.82, 2.24) is 14.8 Å². The molecule has 4 aromatic rings. The average Bonchev–Trinajstić information content (AvgIpc) is 3.27. The first-order valence-corrected chi connectivity index (χ1v) is 10.8. The van der Waals surface area contributed by atoms with Gasteiger partial charge in [0.15, 0.2) is 0 Å². The lowest BCUT2D eigenvalue weighted by molar-refractivity contribution is -0.384. The highest BCUT2D eigenvalue weighted by molar-refractivity contribution is 6.30. The predicted molar refractivity (Wildman–Crippen MR) is 129 cm³/mol. The third-order valence-corrected chi connectivity index (χ3v) is 5.65. The molecule has 2 N–H and O–H groups in total. The second-order valence-corrected chi connectivity index (χ2v) is 8.11. The maximum Gasteiger partial charge on any atom is 0.269 e. The SMILES string of the molecule is O=C(Nc1nc2n(n1)[C@H](c1ccc(F)cc1)C=C(c1ccc(Cl)cc1)N2)c1ccc([N+](=O)[O-])cc1. The Hall–Kier alpha value is -4.57. The van der Waals surface area contributed by atoms with E-state index in [0.717, 1.165) is 16.8 Å². The molecule has 2 heterocycles. The number of benzene rings is 3. The van der Waals surface area contributed by atoms with Crippen molar-refractivity contribution in [2.75, 3.05) is 10.6 Å². The number of halogens is 2. The molecule has 1 aromatic heterocycles. The summed E-state index contributed by atoms with van der Waals surface area (Å²) < 4.78 is 15.1. The van der Waals surface area contributed by atoms with E-state index in [1.165, 1.54) is 36.4 Å². The molecule has 0 saturated carbocycles. The van der Waals surface area contributed by atoms with E-state index in [1.54, 1.807) is 28.9 Å². The van der Waals surface area contributed by atoms with Crippen molar-refractivity contribution in [2.45, 2.75) is 6.04 Å². The lowest BCUT2D eigenvalue weighted by Crippen LogP contribution is -2.20. The van der Waals surface area contributed by atoms with Crippen LogP contribution in [0.5, 0.6) is 0 Å². The number of nitro benzene ring substituents is 1. The number of anilines is 2. The van der Waals surface area contributed by atoms with Crippen molar-refractivity contribution in [3.63, 3.8) is 0 Å². The predicted octanol–water partition coefficient (Wildman–Crippen LogP) is 5.29. The summed E-state index contributed by atoms with van der Waals surface area (Å²) in [5, 5.41) is 21.7. The fourth-order valence-corrected chi connectivity index (χ4v) is 3.78. The monoisotopic (exact) mass is 490 g/mol. The molecule has 3 aromatic carbocycles. The summed E-state index contributed by atoms with van der Waals surface area (Å²) in [5.74, 6) is -0.481. The maximum absolute atomic E-state index is 13.5. The number of allylic oxidation sites excluding steroid dienone is 1. The van der Waals surface area contributed by atoms with Gasteiger partial charge in [0.2, 0.25) is 5.95 Å². The van der Waals surface area contributed by atoms with Crippen LogP contribution in [0.25, 0.3) is 5.70 Å². The van der Waals surface area contributed by atoms with E-state index in [4.69, 9.17) is 11.6 Å². The summed E-state index contributed by atoms with van der Waals surface area (Å²) in [7, 11) is 0. The molecule has 1 aliphatic rings. The minimum Gasteiger partial charge on any atom is -0.324 e. The average molecular weight is 491 g/mol. The standard InChI is InChI=1S/C24H16ClFN6O3/c25-17-7-1-14(2-8-17)20-13-21(15-3-9-18(26)10-4-15)31-24(27-20)29-23(30-31)28-22(33)16-5-11-19(12-6-16)32(34)35/h1-13,21H,(H2,27,28,29,30,33)/t21-/m0/s1. The highest BCUT2D eigenvalue weighted by atomic mass is 35.5. The van der Waals surface area contributed by atoms with Crippen LogP contribution in [-0.2, 0) is 0 Å². The van der Waals surface area contributed by atoms with Gasteiger partial charge in [-0.15, -0.1) is 5.10 Å². The van der Waals surface area contributed by atoms with E-state index < -0.39 is 16.9 Å². The zero-order chi connectivity index (χ0) is 24.5. The van der Waals surface area contributed by atoms with Crippen molar-refractivity contribution < 1.29 is 14.1 Å². The third-order valence-electron chi connectivity index (χ3n) is 5.40. The Kier molecular flexibility index (Phi) is 5.71. The number of nitro groups is 1. The first-order chi connectivity index (χ1) is 16.9. The van der Waals surface area contributed by atoms with E-state index >= 15 is 0 Å². The highest BCUT2D eigenvalue weighted by Crippen LogP contribution is 2.33. The summed E-state index contributed by atoms with van der Waals surface area (Å²) >= 11 is 6.02. The van der Waals surface area contributed by atoms with Crippen LogP contribution in [0, 0.1) is 15.9 Å². The van der Waals surface area contributed by atoms with Crippen LogP contribution in [0.1, 0.15) is 27.5 Å². The smallest absolute Gasteiger partial charge is 0.269 e. The van der Waals surface area contributed by atoms with Gasteiger partial charge in [0.25, 0.3) is 17.5 Å². The first kappa shape index (κ1) is 22.2. The number of amides is 1. The summed E-state index contributed by atoms with van der Waals surface area (Å²) in [6, 6.07) is 18.0. The third kappa shape index (κ3) is 4.59. The molecule has 0 radical (unpaired) electrons. The molecule has 0 unspecified atom stereocenters. The number of hydrogen-bond acceptors (Lipinski definition) is 6. The Balaban J connectivity index is 1.47. The minimum atomic E-state index is -0.542. The number of hydrogen-bond donors (Lipinski definition) is 2. The van der Waals surface area contributed by atoms with E-state index in [2.05, 4.69) is 20.7 Å². The van der Waals surface area contributed by atoms with Gasteiger partial charge in [-0.05, 0) is 53.6 Å². The van der Waals surface area contributed by atoms with Crippen molar-refractivity contribution in [3.05, 3.63) is 117 Å². The summed E-state index contributed by atoms with van der Waals surface area (Å²) in [6.07, 6.45) is 1.92. The number of fused-ring (bicyclic) bond motifs is 1. The molecule has 1 aliphatic heterocycles. The quantitative estimate of drug-likeness (QED) is 0.290. The number of non-ortho nitro benzene ring substituents is 1. The molecule has 5 rings (SSSR count). The van der Waals surface area contributed by atoms with E-state index in [0.29, 0.717) is 11.0 Å². The number of nitrogens with zero attached hydrogens (tertiary/aromatic N) is 4. The molecule has 0 saturated heterocycles. The van der Waals surface area contributed by atoms with E-state index in [-0.39, 0.29) is 23.0 Å². The topological polar surface area (TPSA) is 115 Å². The molecule has 1 amide bonds. The lowest BCUT2D eigenvalue weighted by atomic mass is 10.0. The van der Waals surface area contributed by atoms with Crippen molar-refractivity contribution in [1.29, 1.82) is 0 Å². The molecular weight excluding hydrogens is 475 g/mol. The Morgan fingerprint density at radius 1 is 1.06 bits per heavy atom. The number of carbonyl (C=O) groups is 1. The highest BCUT2D eigenvalue weighted by Gasteiger charge is 2.26. The Labute approximate surface area is 203 Å². The molecule has 0 bridgehead atoms. The van der Waals surface area contributed by atoms with Crippen molar-refractivity contribution >= 4 is 40.8 Å². The summed E-state index contributed by atoms with van der Waals surface area (Å²) in [5.41, 5.74) is 2.45. The molecule has 174 valence electrons. The van der Waals surface area contributed by atoms with E-state index in [1.807, 2.05) is 18.2 Å². The van der Waals surface area contributed by atoms with Crippen LogP contribution in [0.3, 0.4) is 0 Å². The molecule has 1 atom stereocenters.